The van der Waals surface area contributed by atoms with Crippen LogP contribution in [0.4, 0.5) is 0 Å². The van der Waals surface area contributed by atoms with Crippen LogP contribution in [0.5, 0.6) is 0 Å². The molecule has 1 aliphatic carbocycles. The monoisotopic (exact) mass is 406 g/mol. The van der Waals surface area contributed by atoms with Crippen molar-refractivity contribution in [1.82, 2.24) is 10.2 Å². The van der Waals surface area contributed by atoms with Gasteiger partial charge < -0.3 is 10.2 Å². The van der Waals surface area contributed by atoms with Gasteiger partial charge in [-0.1, -0.05) is 41.9 Å². The second-order valence-electron chi connectivity index (χ2n) is 7.98. The normalized spacial score (nSPS) is 18.9. The lowest BCUT2D eigenvalue weighted by Crippen LogP contribution is -2.45. The van der Waals surface area contributed by atoms with Crippen molar-refractivity contribution in [2.75, 3.05) is 19.6 Å². The van der Waals surface area contributed by atoms with E-state index >= 15 is 0 Å². The van der Waals surface area contributed by atoms with Gasteiger partial charge in [-0.2, -0.15) is 0 Å². The summed E-state index contributed by atoms with van der Waals surface area (Å²) in [5.41, 5.74) is 1.10. The Hall–Kier alpha value is -1.36. The topological polar surface area (TPSA) is 49.4 Å². The Morgan fingerprint density at radius 1 is 1.08 bits per heavy atom. The first kappa shape index (κ1) is 18.4. The highest BCUT2D eigenvalue weighted by Crippen LogP contribution is 2.32. The van der Waals surface area contributed by atoms with Crippen molar-refractivity contribution in [1.29, 1.82) is 0 Å². The molecule has 0 bridgehead atoms. The minimum Gasteiger partial charge on any atom is -0.355 e. The second-order valence-corrected chi connectivity index (χ2v) is 8.90. The van der Waals surface area contributed by atoms with Crippen LogP contribution in [-0.2, 0) is 15.0 Å². The Labute approximate surface area is 158 Å². The van der Waals surface area contributed by atoms with E-state index < -0.39 is 0 Å². The maximum absolute atomic E-state index is 12.5. The minimum absolute atomic E-state index is 0.0315. The van der Waals surface area contributed by atoms with Crippen molar-refractivity contribution in [3.8, 4) is 0 Å². The van der Waals surface area contributed by atoms with Crippen LogP contribution in [0.1, 0.15) is 45.1 Å². The number of nitrogens with zero attached hydrogens (tertiary/aromatic N) is 1. The molecular formula is C20H27BrN2O2. The Bertz CT molecular complexity index is 630. The zero-order valence-electron chi connectivity index (χ0n) is 15.1. The lowest BCUT2D eigenvalue weighted by atomic mass is 9.84. The number of carbonyl (C=O) groups is 2. The number of piperidine rings is 1. The van der Waals surface area contributed by atoms with E-state index in [1.165, 1.54) is 5.56 Å². The fourth-order valence-electron chi connectivity index (χ4n) is 3.41. The van der Waals surface area contributed by atoms with Crippen LogP contribution in [-0.4, -0.2) is 36.3 Å². The summed E-state index contributed by atoms with van der Waals surface area (Å²) in [6.07, 6.45) is 3.65. The van der Waals surface area contributed by atoms with Crippen LogP contribution < -0.4 is 5.32 Å². The summed E-state index contributed by atoms with van der Waals surface area (Å²) >= 11 is 3.46. The van der Waals surface area contributed by atoms with Gasteiger partial charge in [-0.25, -0.2) is 0 Å². The number of hydrogen-bond acceptors (Lipinski definition) is 2. The highest BCUT2D eigenvalue weighted by molar-refractivity contribution is 9.10. The molecular weight excluding hydrogens is 380 g/mol. The molecule has 1 saturated heterocycles. The average Bonchev–Trinajstić information content (AvgIpc) is 3.45. The molecule has 0 unspecified atom stereocenters. The molecule has 0 atom stereocenters. The van der Waals surface area contributed by atoms with E-state index in [2.05, 4.69) is 47.2 Å². The molecule has 0 spiro atoms. The molecule has 5 heteroatoms. The largest absolute Gasteiger partial charge is 0.355 e. The van der Waals surface area contributed by atoms with Crippen LogP contribution in [0.3, 0.4) is 0 Å². The maximum Gasteiger partial charge on any atom is 0.225 e. The van der Waals surface area contributed by atoms with Crippen LogP contribution >= 0.6 is 15.9 Å². The third-order valence-corrected chi connectivity index (χ3v) is 5.96. The van der Waals surface area contributed by atoms with Gasteiger partial charge >= 0.3 is 0 Å². The number of hydrogen-bond donors (Lipinski definition) is 1. The van der Waals surface area contributed by atoms with Crippen LogP contribution in [0, 0.1) is 11.8 Å². The summed E-state index contributed by atoms with van der Waals surface area (Å²) in [6.45, 7) is 6.36. The van der Waals surface area contributed by atoms with E-state index in [1.54, 1.807) is 0 Å². The molecule has 1 aromatic rings. The number of benzene rings is 1. The molecule has 2 fully saturated rings. The smallest absolute Gasteiger partial charge is 0.225 e. The van der Waals surface area contributed by atoms with Crippen LogP contribution in [0.15, 0.2) is 28.7 Å². The van der Waals surface area contributed by atoms with E-state index in [-0.39, 0.29) is 23.2 Å². The van der Waals surface area contributed by atoms with Crippen molar-refractivity contribution < 1.29 is 9.59 Å². The van der Waals surface area contributed by atoms with Crippen molar-refractivity contribution >= 4 is 27.7 Å². The Balaban J connectivity index is 1.47. The standard InChI is InChI=1S/C20H27BrN2O2/c1-20(2,16-5-7-17(21)8-6-16)13-22-18(24)14-9-11-23(12-10-14)19(25)15-3-4-15/h5-8,14-15H,3-4,9-13H2,1-2H3,(H,22,24). The molecule has 1 heterocycles. The average molecular weight is 407 g/mol. The molecule has 136 valence electrons. The first-order chi connectivity index (χ1) is 11.9. The number of amides is 2. The van der Waals surface area contributed by atoms with Crippen molar-refractivity contribution in [3.63, 3.8) is 0 Å². The summed E-state index contributed by atoms with van der Waals surface area (Å²) < 4.78 is 1.06. The third-order valence-electron chi connectivity index (χ3n) is 5.43. The summed E-state index contributed by atoms with van der Waals surface area (Å²) in [5, 5.41) is 3.13. The van der Waals surface area contributed by atoms with Gasteiger partial charge in [0.05, 0.1) is 0 Å². The Morgan fingerprint density at radius 3 is 2.24 bits per heavy atom. The van der Waals surface area contributed by atoms with Crippen molar-refractivity contribution in [2.45, 2.75) is 44.9 Å². The Morgan fingerprint density at radius 2 is 1.68 bits per heavy atom. The van der Waals surface area contributed by atoms with Gasteiger partial charge in [0.1, 0.15) is 0 Å². The number of halogens is 1. The number of nitrogens with one attached hydrogen (secondary N) is 1. The van der Waals surface area contributed by atoms with E-state index in [0.717, 1.165) is 43.2 Å². The maximum atomic E-state index is 12.5. The molecule has 0 radical (unpaired) electrons. The molecule has 1 N–H and O–H groups in total. The zero-order chi connectivity index (χ0) is 18.0. The van der Waals surface area contributed by atoms with Gasteiger partial charge in [-0.15, -0.1) is 0 Å². The SMILES string of the molecule is CC(C)(CNC(=O)C1CCN(C(=O)C2CC2)CC1)c1ccc(Br)cc1. The van der Waals surface area contributed by atoms with Gasteiger partial charge in [0, 0.05) is 41.4 Å². The molecule has 3 rings (SSSR count). The Kier molecular flexibility index (Phi) is 5.52. The molecule has 1 aliphatic heterocycles. The van der Waals surface area contributed by atoms with Crippen LogP contribution in [0.2, 0.25) is 0 Å². The number of carbonyl (C=O) groups excluding carboxylic acids is 2. The summed E-state index contributed by atoms with van der Waals surface area (Å²) in [5.74, 6) is 0.736. The fraction of sp³-hybridized carbons (Fsp3) is 0.600. The lowest BCUT2D eigenvalue weighted by molar-refractivity contribution is -0.136. The summed E-state index contributed by atoms with van der Waals surface area (Å²) in [7, 11) is 0. The molecule has 25 heavy (non-hydrogen) atoms. The first-order valence-electron chi connectivity index (χ1n) is 9.19. The number of likely N-dealkylation sites (tertiary alicyclic amines) is 1. The zero-order valence-corrected chi connectivity index (χ0v) is 16.6. The predicted molar refractivity (Wildman–Crippen MR) is 102 cm³/mol. The van der Waals surface area contributed by atoms with Gasteiger partial charge in [-0.3, -0.25) is 9.59 Å². The minimum atomic E-state index is -0.112. The molecule has 2 aliphatic rings. The number of rotatable bonds is 5. The molecule has 0 aromatic heterocycles. The van der Waals surface area contributed by atoms with E-state index in [1.807, 2.05) is 17.0 Å². The van der Waals surface area contributed by atoms with E-state index in [4.69, 9.17) is 0 Å². The molecule has 4 nitrogen and oxygen atoms in total. The highest BCUT2D eigenvalue weighted by atomic mass is 79.9. The molecule has 2 amide bonds. The lowest BCUT2D eigenvalue weighted by Gasteiger charge is -2.32. The fourth-order valence-corrected chi connectivity index (χ4v) is 3.67. The quantitative estimate of drug-likeness (QED) is 0.813. The van der Waals surface area contributed by atoms with Gasteiger partial charge in [0.15, 0.2) is 0 Å². The van der Waals surface area contributed by atoms with Gasteiger partial charge in [-0.05, 0) is 43.4 Å². The van der Waals surface area contributed by atoms with E-state index in [0.29, 0.717) is 12.5 Å². The first-order valence-corrected chi connectivity index (χ1v) is 9.99. The second kappa shape index (κ2) is 7.48. The van der Waals surface area contributed by atoms with E-state index in [9.17, 15) is 9.59 Å². The van der Waals surface area contributed by atoms with Crippen molar-refractivity contribution in [3.05, 3.63) is 34.3 Å². The van der Waals surface area contributed by atoms with Gasteiger partial charge in [0.2, 0.25) is 11.8 Å². The van der Waals surface area contributed by atoms with Crippen LogP contribution in [0.25, 0.3) is 0 Å². The molecule has 1 aromatic carbocycles. The summed E-state index contributed by atoms with van der Waals surface area (Å²) in [4.78, 5) is 26.6. The molecule has 1 saturated carbocycles. The van der Waals surface area contributed by atoms with Crippen molar-refractivity contribution in [2.24, 2.45) is 11.8 Å². The van der Waals surface area contributed by atoms with Gasteiger partial charge in [0.25, 0.3) is 0 Å². The predicted octanol–water partition coefficient (Wildman–Crippen LogP) is 3.49. The third kappa shape index (κ3) is 4.63. The highest BCUT2D eigenvalue weighted by Gasteiger charge is 2.36. The summed E-state index contributed by atoms with van der Waals surface area (Å²) in [6, 6.07) is 8.26.